The van der Waals surface area contributed by atoms with Crippen molar-refractivity contribution in [2.24, 2.45) is 5.92 Å². The molecule has 4 aliphatic rings. The van der Waals surface area contributed by atoms with Crippen LogP contribution >= 0.6 is 0 Å². The number of nitrogens with zero attached hydrogens (tertiary/aromatic N) is 2. The second-order valence-corrected chi connectivity index (χ2v) is 20.0. The van der Waals surface area contributed by atoms with Crippen LogP contribution in [0.1, 0.15) is 63.9 Å². The van der Waals surface area contributed by atoms with E-state index in [4.69, 9.17) is 14.2 Å². The van der Waals surface area contributed by atoms with Crippen molar-refractivity contribution in [2.75, 3.05) is 50.7 Å². The maximum absolute atomic E-state index is 15.1. The number of benzene rings is 2. The average molecular weight is 735 g/mol. The fraction of sp³-hybridized carbons (Fsp3) is 0.590. The van der Waals surface area contributed by atoms with Crippen molar-refractivity contribution < 1.29 is 38.5 Å². The smallest absolute Gasteiger partial charge is 0.305 e. The van der Waals surface area contributed by atoms with Crippen LogP contribution in [-0.4, -0.2) is 100 Å². The molecule has 282 valence electrons. The van der Waals surface area contributed by atoms with Gasteiger partial charge in [-0.15, -0.1) is 0 Å². The zero-order valence-corrected chi connectivity index (χ0v) is 32.1. The van der Waals surface area contributed by atoms with Crippen molar-refractivity contribution >= 4 is 48.3 Å². The first-order valence-electron chi connectivity index (χ1n) is 18.8. The summed E-state index contributed by atoms with van der Waals surface area (Å²) in [5, 5.41) is 17.5. The van der Waals surface area contributed by atoms with Crippen molar-refractivity contribution in [1.82, 2.24) is 10.2 Å². The predicted octanol–water partition coefficient (Wildman–Crippen LogP) is 3.67. The summed E-state index contributed by atoms with van der Waals surface area (Å²) in [5.41, 5.74) is 0.415. The highest BCUT2D eigenvalue weighted by Crippen LogP contribution is 2.60. The molecule has 1 spiro atoms. The summed E-state index contributed by atoms with van der Waals surface area (Å²) < 4.78 is 17.5. The van der Waals surface area contributed by atoms with Gasteiger partial charge in [-0.2, -0.15) is 0 Å². The minimum absolute atomic E-state index is 0.0780. The van der Waals surface area contributed by atoms with Gasteiger partial charge in [0.05, 0.1) is 59.2 Å². The van der Waals surface area contributed by atoms with Crippen molar-refractivity contribution in [3.63, 3.8) is 0 Å². The van der Waals surface area contributed by atoms with Crippen molar-refractivity contribution in [2.45, 2.75) is 101 Å². The maximum Gasteiger partial charge on any atom is 0.305 e. The zero-order valence-electron chi connectivity index (χ0n) is 31.1. The van der Waals surface area contributed by atoms with Crippen LogP contribution in [0.4, 0.5) is 11.4 Å². The Balaban J connectivity index is 1.40. The van der Waals surface area contributed by atoms with Gasteiger partial charge in [0.2, 0.25) is 11.8 Å². The summed E-state index contributed by atoms with van der Waals surface area (Å²) in [6, 6.07) is 13.2. The van der Waals surface area contributed by atoms with Crippen LogP contribution in [0.2, 0.25) is 18.6 Å². The fourth-order valence-corrected chi connectivity index (χ4v) is 13.2. The van der Waals surface area contributed by atoms with Gasteiger partial charge in [-0.1, -0.05) is 37.3 Å². The molecule has 3 saturated heterocycles. The van der Waals surface area contributed by atoms with Gasteiger partial charge >= 0.3 is 5.97 Å². The molecule has 3 amide bonds. The highest BCUT2D eigenvalue weighted by molar-refractivity contribution is 6.91. The van der Waals surface area contributed by atoms with Crippen LogP contribution in [0.25, 0.3) is 0 Å². The Hall–Kier alpha value is -3.78. The monoisotopic (exact) mass is 734 g/mol. The van der Waals surface area contributed by atoms with Crippen LogP contribution in [0.5, 0.6) is 5.75 Å². The number of aliphatic hydroxyl groups excluding tert-OH is 1. The second-order valence-electron chi connectivity index (χ2n) is 15.3. The first-order valence-corrected chi connectivity index (χ1v) is 21.8. The van der Waals surface area contributed by atoms with E-state index in [0.717, 1.165) is 43.2 Å². The lowest BCUT2D eigenvalue weighted by molar-refractivity contribution is -0.150. The number of hydrogen-bond acceptors (Lipinski definition) is 9. The van der Waals surface area contributed by atoms with Gasteiger partial charge in [-0.3, -0.25) is 19.2 Å². The number of ether oxygens (including phenoxy) is 3. The highest BCUT2D eigenvalue weighted by Gasteiger charge is 2.66. The van der Waals surface area contributed by atoms with Crippen LogP contribution in [-0.2, 0) is 34.3 Å². The molecule has 2 aromatic carbocycles. The number of aliphatic hydroxyl groups is 1. The van der Waals surface area contributed by atoms with Gasteiger partial charge in [0, 0.05) is 36.7 Å². The quantitative estimate of drug-likeness (QED) is 0.160. The molecule has 0 bridgehead atoms. The van der Waals surface area contributed by atoms with Gasteiger partial charge in [-0.05, 0) is 80.9 Å². The number of methoxy groups -OCH3 is 2. The molecule has 4 aliphatic heterocycles. The number of rotatable bonds is 13. The second kappa shape index (κ2) is 15.7. The molecule has 0 aliphatic carbocycles. The summed E-state index contributed by atoms with van der Waals surface area (Å²) in [7, 11) is 0.493. The van der Waals surface area contributed by atoms with Gasteiger partial charge in [-0.25, -0.2) is 0 Å². The molecule has 2 aromatic rings. The van der Waals surface area contributed by atoms with E-state index in [9.17, 15) is 19.5 Å². The van der Waals surface area contributed by atoms with E-state index < -0.39 is 19.8 Å². The van der Waals surface area contributed by atoms with E-state index >= 15 is 4.79 Å². The van der Waals surface area contributed by atoms with Gasteiger partial charge in [0.15, 0.2) is 5.60 Å². The minimum atomic E-state index is -2.51. The third-order valence-electron chi connectivity index (χ3n) is 12.0. The SMILES string of the molecule is COC(=O)CCCCN1C(=O)[C@]2(O[C@H](CC(=O)N3CCC[C@H]3CO)[C@@H]([Si](C)(C)c3ccc(OC)cc3)[C@@H]2C)c2cc(NC(=O)[C@H]3CCCN3)ccc21. The molecule has 3 N–H and O–H groups in total. The first-order chi connectivity index (χ1) is 25.0. The van der Waals surface area contributed by atoms with E-state index in [1.54, 1.807) is 16.9 Å². The molecule has 52 heavy (non-hydrogen) atoms. The fourth-order valence-electron chi connectivity index (χ4n) is 9.24. The Morgan fingerprint density at radius 2 is 1.85 bits per heavy atom. The Kier molecular flexibility index (Phi) is 11.4. The summed E-state index contributed by atoms with van der Waals surface area (Å²) in [5.74, 6) is -0.267. The van der Waals surface area contributed by atoms with Crippen LogP contribution in [0, 0.1) is 5.92 Å². The highest BCUT2D eigenvalue weighted by atomic mass is 28.3. The number of carbonyl (C=O) groups is 4. The number of amides is 3. The Bertz CT molecular complexity index is 1650. The Labute approximate surface area is 307 Å². The lowest BCUT2D eigenvalue weighted by Gasteiger charge is -2.37. The molecule has 6 rings (SSSR count). The van der Waals surface area contributed by atoms with Crippen molar-refractivity contribution in [3.05, 3.63) is 48.0 Å². The molecular formula is C39H54N4O8Si. The first kappa shape index (κ1) is 38.0. The molecule has 13 heteroatoms. The molecule has 12 nitrogen and oxygen atoms in total. The van der Waals surface area contributed by atoms with Crippen LogP contribution < -0.4 is 25.5 Å². The van der Waals surface area contributed by atoms with Gasteiger partial charge in [0.25, 0.3) is 5.91 Å². The number of likely N-dealkylation sites (tertiary alicyclic amines) is 1. The standard InChI is InChI=1S/C39H54N4O8Si/c1-25-36(52(4,5)29-16-14-28(49-2)15-17-29)33(23-34(45)42-21-9-10-27(42)24-44)51-39(25)30-22-26(41-37(47)31-11-8-19-40-31)13-18-32(30)43(38(39)48)20-7-6-12-35(46)50-3/h13-18,22,25,27,31,33,36,40,44H,6-12,19-21,23-24H2,1-5H3,(H,41,47)/t25-,27-,31+,33+,36-,39+/m0/s1. The average Bonchev–Trinajstić information content (AvgIpc) is 3.94. The molecule has 0 radical (unpaired) electrons. The molecule has 0 unspecified atom stereocenters. The number of esters is 1. The van der Waals surface area contributed by atoms with Crippen molar-refractivity contribution in [1.29, 1.82) is 0 Å². The maximum atomic E-state index is 15.1. The van der Waals surface area contributed by atoms with Crippen LogP contribution in [0.3, 0.4) is 0 Å². The van der Waals surface area contributed by atoms with Crippen molar-refractivity contribution in [3.8, 4) is 5.75 Å². The minimum Gasteiger partial charge on any atom is -0.497 e. The van der Waals surface area contributed by atoms with E-state index in [1.807, 2.05) is 30.3 Å². The lowest BCUT2D eigenvalue weighted by atomic mass is 9.82. The largest absolute Gasteiger partial charge is 0.497 e. The van der Waals surface area contributed by atoms with E-state index in [0.29, 0.717) is 42.9 Å². The molecular weight excluding hydrogens is 681 g/mol. The van der Waals surface area contributed by atoms with Gasteiger partial charge in [0.1, 0.15) is 5.75 Å². The normalized spacial score (nSPS) is 27.0. The Morgan fingerprint density at radius 3 is 2.52 bits per heavy atom. The summed E-state index contributed by atoms with van der Waals surface area (Å²) in [4.78, 5) is 57.8. The number of hydrogen-bond donors (Lipinski definition) is 3. The lowest BCUT2D eigenvalue weighted by Crippen LogP contribution is -2.52. The van der Waals surface area contributed by atoms with E-state index in [-0.39, 0.29) is 66.7 Å². The molecule has 0 aromatic heterocycles. The van der Waals surface area contributed by atoms with E-state index in [2.05, 4.69) is 42.8 Å². The number of unbranched alkanes of at least 4 members (excludes halogenated alkanes) is 1. The summed E-state index contributed by atoms with van der Waals surface area (Å²) in [6.45, 7) is 8.29. The molecule has 4 heterocycles. The third kappa shape index (κ3) is 7.00. The number of nitrogens with one attached hydrogen (secondary N) is 2. The number of fused-ring (bicyclic) bond motifs is 2. The number of carbonyl (C=O) groups excluding carboxylic acids is 4. The molecule has 0 saturated carbocycles. The Morgan fingerprint density at radius 1 is 1.08 bits per heavy atom. The van der Waals surface area contributed by atoms with E-state index in [1.165, 1.54) is 7.11 Å². The predicted molar refractivity (Wildman–Crippen MR) is 200 cm³/mol. The van der Waals surface area contributed by atoms with Crippen LogP contribution in [0.15, 0.2) is 42.5 Å². The topological polar surface area (TPSA) is 147 Å². The third-order valence-corrected chi connectivity index (χ3v) is 16.4. The molecule has 6 atom stereocenters. The zero-order chi connectivity index (χ0) is 37.2. The molecule has 3 fully saturated rings. The van der Waals surface area contributed by atoms with Gasteiger partial charge < -0.3 is 39.8 Å². The summed E-state index contributed by atoms with van der Waals surface area (Å²) in [6.07, 6.45) is 4.17. The number of anilines is 2. The summed E-state index contributed by atoms with van der Waals surface area (Å²) >= 11 is 0.